The minimum absolute atomic E-state index is 0.248. The Kier molecular flexibility index (Phi) is 4.71. The first kappa shape index (κ1) is 16.3. The normalized spacial score (nSPS) is 16.7. The number of benzene rings is 2. The van der Waals surface area contributed by atoms with Crippen LogP contribution in [0.2, 0.25) is 0 Å². The van der Waals surface area contributed by atoms with Crippen LogP contribution in [0.1, 0.15) is 42.5 Å². The molecule has 1 atom stereocenters. The van der Waals surface area contributed by atoms with Gasteiger partial charge >= 0.3 is 0 Å². The van der Waals surface area contributed by atoms with Gasteiger partial charge in [-0.2, -0.15) is 0 Å². The second kappa shape index (κ2) is 6.92. The van der Waals surface area contributed by atoms with Crippen molar-refractivity contribution in [3.05, 3.63) is 90.2 Å². The summed E-state index contributed by atoms with van der Waals surface area (Å²) in [6, 6.07) is 15.8. The van der Waals surface area contributed by atoms with Crippen LogP contribution in [0, 0.1) is 0 Å². The van der Waals surface area contributed by atoms with E-state index in [0.717, 1.165) is 0 Å². The lowest BCUT2D eigenvalue weighted by Gasteiger charge is -2.28. The highest BCUT2D eigenvalue weighted by atomic mass is 15.1. The summed E-state index contributed by atoms with van der Waals surface area (Å²) in [5.41, 5.74) is 6.37. The van der Waals surface area contributed by atoms with Crippen LogP contribution in [0.15, 0.2) is 73.5 Å². The number of rotatable bonds is 4. The number of hydrogen-bond acceptors (Lipinski definition) is 1. The molecule has 1 aliphatic heterocycles. The molecule has 1 heteroatoms. The summed E-state index contributed by atoms with van der Waals surface area (Å²) in [5, 5.41) is 0. The van der Waals surface area contributed by atoms with Gasteiger partial charge in [-0.15, -0.1) is 0 Å². The molecule has 24 heavy (non-hydrogen) atoms. The van der Waals surface area contributed by atoms with Gasteiger partial charge in [0, 0.05) is 7.05 Å². The second-order valence-electron chi connectivity index (χ2n) is 6.66. The van der Waals surface area contributed by atoms with Crippen LogP contribution in [0.4, 0.5) is 0 Å². The summed E-state index contributed by atoms with van der Waals surface area (Å²) >= 11 is 0. The van der Waals surface area contributed by atoms with Gasteiger partial charge in [-0.1, -0.05) is 75.1 Å². The summed E-state index contributed by atoms with van der Waals surface area (Å²) in [5.74, 6) is 0.561. The molecule has 1 aliphatic rings. The lowest BCUT2D eigenvalue weighted by atomic mass is 9.92. The highest BCUT2D eigenvalue weighted by molar-refractivity contribution is 5.68. The van der Waals surface area contributed by atoms with E-state index in [1.165, 1.54) is 27.8 Å². The van der Waals surface area contributed by atoms with E-state index >= 15 is 0 Å². The van der Waals surface area contributed by atoms with Gasteiger partial charge in [-0.25, -0.2) is 0 Å². The van der Waals surface area contributed by atoms with Crippen molar-refractivity contribution >= 4 is 6.08 Å². The van der Waals surface area contributed by atoms with Crippen LogP contribution in [0.3, 0.4) is 0 Å². The molecule has 2 aromatic carbocycles. The summed E-state index contributed by atoms with van der Waals surface area (Å²) in [7, 11) is 2.11. The molecule has 0 saturated heterocycles. The van der Waals surface area contributed by atoms with Gasteiger partial charge in [0.25, 0.3) is 0 Å². The Morgan fingerprint density at radius 1 is 1.00 bits per heavy atom. The molecule has 0 bridgehead atoms. The largest absolute Gasteiger partial charge is 0.370 e. The second-order valence-corrected chi connectivity index (χ2v) is 6.66. The van der Waals surface area contributed by atoms with E-state index in [4.69, 9.17) is 0 Å². The van der Waals surface area contributed by atoms with Gasteiger partial charge in [0.05, 0.1) is 6.04 Å². The SMILES string of the molecule is C=Cc1ccc(-c2ccc(C(C)C)cc2)cc1C1C=CC=CN1C. The first-order valence-electron chi connectivity index (χ1n) is 8.54. The lowest BCUT2D eigenvalue weighted by molar-refractivity contribution is 0.389. The molecule has 0 fully saturated rings. The molecule has 3 rings (SSSR count). The Morgan fingerprint density at radius 3 is 2.33 bits per heavy atom. The fourth-order valence-corrected chi connectivity index (χ4v) is 3.16. The predicted molar refractivity (Wildman–Crippen MR) is 105 cm³/mol. The van der Waals surface area contributed by atoms with E-state index < -0.39 is 0 Å². The Balaban J connectivity index is 2.01. The van der Waals surface area contributed by atoms with Gasteiger partial charge in [0.2, 0.25) is 0 Å². The summed E-state index contributed by atoms with van der Waals surface area (Å²) in [4.78, 5) is 2.23. The topological polar surface area (TPSA) is 3.24 Å². The van der Waals surface area contributed by atoms with Crippen molar-refractivity contribution in [3.63, 3.8) is 0 Å². The first-order valence-corrected chi connectivity index (χ1v) is 8.54. The average molecular weight is 315 g/mol. The smallest absolute Gasteiger partial charge is 0.0726 e. The molecule has 0 amide bonds. The standard InChI is InChI=1S/C23H25N/c1-5-18-9-14-21(20-12-10-19(11-13-20)17(2)3)16-22(18)23-8-6-7-15-24(23)4/h5-17,23H,1H2,2-4H3. The third kappa shape index (κ3) is 3.21. The molecule has 0 saturated carbocycles. The van der Waals surface area contributed by atoms with E-state index in [1.54, 1.807) is 0 Å². The van der Waals surface area contributed by atoms with E-state index in [9.17, 15) is 0 Å². The summed E-state index contributed by atoms with van der Waals surface area (Å²) in [6.45, 7) is 8.44. The Bertz CT molecular complexity index is 778. The van der Waals surface area contributed by atoms with Crippen molar-refractivity contribution in [1.82, 2.24) is 4.90 Å². The molecular weight excluding hydrogens is 290 g/mol. The molecule has 1 nitrogen and oxygen atoms in total. The van der Waals surface area contributed by atoms with E-state index in [2.05, 4.69) is 99.3 Å². The maximum absolute atomic E-state index is 3.98. The molecule has 0 spiro atoms. The molecule has 0 aliphatic carbocycles. The number of nitrogens with zero attached hydrogens (tertiary/aromatic N) is 1. The number of hydrogen-bond donors (Lipinski definition) is 0. The van der Waals surface area contributed by atoms with E-state index in [-0.39, 0.29) is 6.04 Å². The Hall–Kier alpha value is -2.54. The van der Waals surface area contributed by atoms with Gasteiger partial charge in [-0.3, -0.25) is 0 Å². The van der Waals surface area contributed by atoms with Crippen LogP contribution in [-0.4, -0.2) is 11.9 Å². The zero-order valence-corrected chi connectivity index (χ0v) is 14.7. The molecule has 1 heterocycles. The van der Waals surface area contributed by atoms with Crippen molar-refractivity contribution in [1.29, 1.82) is 0 Å². The third-order valence-corrected chi connectivity index (χ3v) is 4.70. The van der Waals surface area contributed by atoms with Crippen LogP contribution in [0.5, 0.6) is 0 Å². The summed E-state index contributed by atoms with van der Waals surface area (Å²) < 4.78 is 0. The highest BCUT2D eigenvalue weighted by Gasteiger charge is 2.17. The zero-order valence-electron chi connectivity index (χ0n) is 14.7. The van der Waals surface area contributed by atoms with E-state index in [0.29, 0.717) is 5.92 Å². The van der Waals surface area contributed by atoms with Gasteiger partial charge in [0.15, 0.2) is 0 Å². The van der Waals surface area contributed by atoms with Gasteiger partial charge < -0.3 is 4.90 Å². The fourth-order valence-electron chi connectivity index (χ4n) is 3.16. The number of allylic oxidation sites excluding steroid dienone is 2. The maximum Gasteiger partial charge on any atom is 0.0726 e. The van der Waals surface area contributed by atoms with Crippen molar-refractivity contribution in [2.45, 2.75) is 25.8 Å². The van der Waals surface area contributed by atoms with Crippen LogP contribution in [-0.2, 0) is 0 Å². The van der Waals surface area contributed by atoms with Crippen molar-refractivity contribution in [3.8, 4) is 11.1 Å². The Morgan fingerprint density at radius 2 is 1.71 bits per heavy atom. The third-order valence-electron chi connectivity index (χ3n) is 4.70. The van der Waals surface area contributed by atoms with Crippen molar-refractivity contribution in [2.24, 2.45) is 0 Å². The number of likely N-dealkylation sites (N-methyl/N-ethyl adjacent to an activating group) is 1. The van der Waals surface area contributed by atoms with Gasteiger partial charge in [-0.05, 0) is 52.1 Å². The zero-order chi connectivity index (χ0) is 17.1. The molecule has 122 valence electrons. The average Bonchev–Trinajstić information content (AvgIpc) is 2.62. The molecule has 1 unspecified atom stereocenters. The minimum Gasteiger partial charge on any atom is -0.370 e. The summed E-state index contributed by atoms with van der Waals surface area (Å²) in [6.07, 6.45) is 10.5. The monoisotopic (exact) mass is 315 g/mol. The predicted octanol–water partition coefficient (Wildman–Crippen LogP) is 6.18. The molecule has 0 N–H and O–H groups in total. The van der Waals surface area contributed by atoms with E-state index in [1.807, 2.05) is 6.08 Å². The van der Waals surface area contributed by atoms with Gasteiger partial charge in [0.1, 0.15) is 0 Å². The molecule has 0 aromatic heterocycles. The molecular formula is C23H25N. The molecule has 2 aromatic rings. The quantitative estimate of drug-likeness (QED) is 0.651. The fraction of sp³-hybridized carbons (Fsp3) is 0.217. The van der Waals surface area contributed by atoms with Crippen LogP contribution >= 0.6 is 0 Å². The highest BCUT2D eigenvalue weighted by Crippen LogP contribution is 2.32. The van der Waals surface area contributed by atoms with Crippen molar-refractivity contribution < 1.29 is 0 Å². The maximum atomic E-state index is 3.98. The van der Waals surface area contributed by atoms with Crippen LogP contribution < -0.4 is 0 Å². The van der Waals surface area contributed by atoms with Crippen molar-refractivity contribution in [2.75, 3.05) is 7.05 Å². The van der Waals surface area contributed by atoms with Crippen LogP contribution in [0.25, 0.3) is 17.2 Å². The first-order chi connectivity index (χ1) is 11.6. The Labute approximate surface area is 145 Å². The molecule has 0 radical (unpaired) electrons. The minimum atomic E-state index is 0.248. The lowest BCUT2D eigenvalue weighted by Crippen LogP contribution is -2.19.